The molecule has 0 heterocycles. The molecule has 152 valence electrons. The Balaban J connectivity index is 2.13. The van der Waals surface area contributed by atoms with E-state index in [1.165, 1.54) is 14.2 Å². The lowest BCUT2D eigenvalue weighted by atomic mass is 10.1. The maximum atomic E-state index is 12.4. The predicted octanol–water partition coefficient (Wildman–Crippen LogP) is 3.95. The van der Waals surface area contributed by atoms with Gasteiger partial charge >= 0.3 is 0 Å². The summed E-state index contributed by atoms with van der Waals surface area (Å²) in [5, 5.41) is 3.22. The number of anilines is 1. The number of carbonyl (C=O) groups excluding carboxylic acids is 1. The first-order chi connectivity index (χ1) is 13.5. The van der Waals surface area contributed by atoms with Crippen molar-refractivity contribution in [2.24, 2.45) is 0 Å². The Morgan fingerprint density at radius 3 is 1.89 bits per heavy atom. The van der Waals surface area contributed by atoms with Gasteiger partial charge in [-0.1, -0.05) is 11.6 Å². The fourth-order valence-electron chi connectivity index (χ4n) is 2.71. The van der Waals surface area contributed by atoms with Crippen LogP contribution in [0.25, 0.3) is 0 Å². The lowest BCUT2D eigenvalue weighted by Crippen LogP contribution is -2.13. The molecule has 0 aliphatic rings. The first kappa shape index (κ1) is 21.5. The summed E-state index contributed by atoms with van der Waals surface area (Å²) >= 11 is 6.09. The Labute approximate surface area is 169 Å². The van der Waals surface area contributed by atoms with Crippen LogP contribution in [0.2, 0.25) is 5.02 Å². The third-order valence-electron chi connectivity index (χ3n) is 4.11. The molecule has 0 bridgehead atoms. The highest BCUT2D eigenvalue weighted by molar-refractivity contribution is 6.32. The second-order valence-electron chi connectivity index (χ2n) is 5.77. The molecule has 0 aromatic heterocycles. The van der Waals surface area contributed by atoms with Gasteiger partial charge in [0.05, 0.1) is 46.3 Å². The number of methoxy groups -OCH3 is 5. The normalized spacial score (nSPS) is 10.2. The van der Waals surface area contributed by atoms with Crippen molar-refractivity contribution in [3.8, 4) is 28.7 Å². The molecule has 0 saturated carbocycles. The fourth-order valence-corrected chi connectivity index (χ4v) is 2.94. The number of carbonyl (C=O) groups is 1. The first-order valence-electron chi connectivity index (χ1n) is 8.47. The van der Waals surface area contributed by atoms with E-state index in [4.69, 9.17) is 35.3 Å². The van der Waals surface area contributed by atoms with Crippen molar-refractivity contribution in [3.63, 3.8) is 0 Å². The second kappa shape index (κ2) is 9.94. The molecule has 1 N–H and O–H groups in total. The van der Waals surface area contributed by atoms with Gasteiger partial charge in [-0.25, -0.2) is 0 Å². The summed E-state index contributed by atoms with van der Waals surface area (Å²) in [6, 6.07) is 6.86. The van der Waals surface area contributed by atoms with Gasteiger partial charge in [-0.05, 0) is 24.1 Å². The predicted molar refractivity (Wildman–Crippen MR) is 108 cm³/mol. The minimum atomic E-state index is -0.184. The molecule has 0 fully saturated rings. The number of amides is 1. The van der Waals surface area contributed by atoms with Gasteiger partial charge in [-0.15, -0.1) is 0 Å². The van der Waals surface area contributed by atoms with E-state index < -0.39 is 0 Å². The van der Waals surface area contributed by atoms with E-state index in [9.17, 15) is 4.79 Å². The van der Waals surface area contributed by atoms with Crippen LogP contribution in [0, 0.1) is 0 Å². The summed E-state index contributed by atoms with van der Waals surface area (Å²) in [6.07, 6.45) is 0.725. The molecule has 7 nitrogen and oxygen atoms in total. The molecule has 1 amide bonds. The summed E-state index contributed by atoms with van der Waals surface area (Å²) in [5.74, 6) is 2.31. The number of aryl methyl sites for hydroxylation is 1. The van der Waals surface area contributed by atoms with Crippen molar-refractivity contribution >= 4 is 23.2 Å². The number of hydrogen-bond donors (Lipinski definition) is 1. The molecule has 0 atom stereocenters. The number of benzene rings is 2. The quantitative estimate of drug-likeness (QED) is 0.675. The van der Waals surface area contributed by atoms with Crippen LogP contribution in [0.3, 0.4) is 0 Å². The average Bonchev–Trinajstić information content (AvgIpc) is 2.72. The summed E-state index contributed by atoms with van der Waals surface area (Å²) in [5.41, 5.74) is 1.36. The van der Waals surface area contributed by atoms with Gasteiger partial charge in [0.2, 0.25) is 11.7 Å². The van der Waals surface area contributed by atoms with E-state index in [1.807, 2.05) is 12.1 Å². The van der Waals surface area contributed by atoms with E-state index in [2.05, 4.69) is 5.32 Å². The van der Waals surface area contributed by atoms with Crippen LogP contribution in [-0.2, 0) is 11.2 Å². The molecular weight excluding hydrogens is 386 g/mol. The molecule has 0 saturated heterocycles. The van der Waals surface area contributed by atoms with E-state index in [0.717, 1.165) is 5.56 Å². The van der Waals surface area contributed by atoms with Crippen molar-refractivity contribution in [3.05, 3.63) is 34.9 Å². The summed E-state index contributed by atoms with van der Waals surface area (Å²) in [4.78, 5) is 12.4. The SMILES string of the molecule is COc1cc(NC(=O)CCc2cc(OC)c(OC)c(OC)c2)c(OC)cc1Cl. The minimum absolute atomic E-state index is 0.184. The summed E-state index contributed by atoms with van der Waals surface area (Å²) in [6.45, 7) is 0. The zero-order valence-electron chi connectivity index (χ0n) is 16.6. The highest BCUT2D eigenvalue weighted by Gasteiger charge is 2.15. The molecule has 0 unspecified atom stereocenters. The average molecular weight is 410 g/mol. The summed E-state index contributed by atoms with van der Waals surface area (Å²) < 4.78 is 26.5. The molecule has 2 aromatic rings. The van der Waals surface area contributed by atoms with E-state index >= 15 is 0 Å². The van der Waals surface area contributed by atoms with Crippen LogP contribution in [0.5, 0.6) is 28.7 Å². The molecule has 0 aliphatic carbocycles. The van der Waals surface area contributed by atoms with Gasteiger partial charge < -0.3 is 29.0 Å². The standard InChI is InChI=1S/C20H24ClNO6/c1-24-15-11-14(16(25-2)10-13(15)21)22-19(23)7-6-12-8-17(26-3)20(28-5)18(9-12)27-4/h8-11H,6-7H2,1-5H3,(H,22,23). The zero-order valence-corrected chi connectivity index (χ0v) is 17.3. The maximum absolute atomic E-state index is 12.4. The topological polar surface area (TPSA) is 75.3 Å². The Bertz CT molecular complexity index is 815. The number of ether oxygens (including phenoxy) is 5. The largest absolute Gasteiger partial charge is 0.495 e. The summed E-state index contributed by atoms with van der Waals surface area (Å²) in [7, 11) is 7.65. The second-order valence-corrected chi connectivity index (χ2v) is 6.18. The lowest BCUT2D eigenvalue weighted by Gasteiger charge is -2.15. The molecular formula is C20H24ClNO6. The Kier molecular flexibility index (Phi) is 7.63. The van der Waals surface area contributed by atoms with Crippen LogP contribution in [0.4, 0.5) is 5.69 Å². The molecule has 0 radical (unpaired) electrons. The monoisotopic (exact) mass is 409 g/mol. The van der Waals surface area contributed by atoms with Gasteiger partial charge in [0.25, 0.3) is 0 Å². The van der Waals surface area contributed by atoms with E-state index in [-0.39, 0.29) is 12.3 Å². The van der Waals surface area contributed by atoms with Gasteiger partial charge in [-0.2, -0.15) is 0 Å². The fraction of sp³-hybridized carbons (Fsp3) is 0.350. The first-order valence-corrected chi connectivity index (χ1v) is 8.85. The Morgan fingerprint density at radius 2 is 1.39 bits per heavy atom. The number of nitrogens with one attached hydrogen (secondary N) is 1. The van der Waals surface area contributed by atoms with Crippen molar-refractivity contribution < 1.29 is 28.5 Å². The molecule has 0 spiro atoms. The van der Waals surface area contributed by atoms with Crippen molar-refractivity contribution in [1.82, 2.24) is 0 Å². The molecule has 0 aliphatic heterocycles. The van der Waals surface area contributed by atoms with Gasteiger partial charge in [0, 0.05) is 18.6 Å². The van der Waals surface area contributed by atoms with Crippen LogP contribution in [0.1, 0.15) is 12.0 Å². The Morgan fingerprint density at radius 1 is 0.821 bits per heavy atom. The van der Waals surface area contributed by atoms with Gasteiger partial charge in [-0.3, -0.25) is 4.79 Å². The number of rotatable bonds is 9. The molecule has 8 heteroatoms. The van der Waals surface area contributed by atoms with Crippen LogP contribution >= 0.6 is 11.6 Å². The van der Waals surface area contributed by atoms with Crippen molar-refractivity contribution in [1.29, 1.82) is 0 Å². The van der Waals surface area contributed by atoms with Crippen LogP contribution in [-0.4, -0.2) is 41.5 Å². The van der Waals surface area contributed by atoms with Crippen LogP contribution < -0.4 is 29.0 Å². The van der Waals surface area contributed by atoms with Gasteiger partial charge in [0.15, 0.2) is 11.5 Å². The van der Waals surface area contributed by atoms with Crippen molar-refractivity contribution in [2.45, 2.75) is 12.8 Å². The minimum Gasteiger partial charge on any atom is -0.495 e. The third kappa shape index (κ3) is 4.92. The highest BCUT2D eigenvalue weighted by Crippen LogP contribution is 2.39. The lowest BCUT2D eigenvalue weighted by molar-refractivity contribution is -0.116. The Hall–Kier alpha value is -2.80. The molecule has 28 heavy (non-hydrogen) atoms. The maximum Gasteiger partial charge on any atom is 0.224 e. The zero-order chi connectivity index (χ0) is 20.7. The number of halogens is 1. The van der Waals surface area contributed by atoms with E-state index in [1.54, 1.807) is 33.5 Å². The van der Waals surface area contributed by atoms with Crippen molar-refractivity contribution in [2.75, 3.05) is 40.9 Å². The van der Waals surface area contributed by atoms with Crippen LogP contribution in [0.15, 0.2) is 24.3 Å². The van der Waals surface area contributed by atoms with E-state index in [0.29, 0.717) is 45.9 Å². The molecule has 2 rings (SSSR count). The highest BCUT2D eigenvalue weighted by atomic mass is 35.5. The number of hydrogen-bond acceptors (Lipinski definition) is 6. The van der Waals surface area contributed by atoms with Gasteiger partial charge in [0.1, 0.15) is 11.5 Å². The smallest absolute Gasteiger partial charge is 0.224 e. The third-order valence-corrected chi connectivity index (χ3v) is 4.41. The molecule has 2 aromatic carbocycles.